The van der Waals surface area contributed by atoms with E-state index < -0.39 is 0 Å². The molecule has 0 amide bonds. The monoisotopic (exact) mass is 146 g/mol. The van der Waals surface area contributed by atoms with Crippen LogP contribution in [0.1, 0.15) is 8.30 Å². The molecule has 0 saturated heterocycles. The first-order chi connectivity index (χ1) is 6.19. The van der Waals surface area contributed by atoms with E-state index >= 15 is 0 Å². The van der Waals surface area contributed by atoms with Crippen LogP contribution in [-0.4, -0.2) is 9.97 Å². The summed E-state index contributed by atoms with van der Waals surface area (Å²) in [7, 11) is 0. The summed E-state index contributed by atoms with van der Waals surface area (Å²) in [5.74, 6) is -0.225. The number of aromatic nitrogens is 2. The zero-order chi connectivity index (χ0) is 9.84. The number of nitrogens with zero attached hydrogens (tertiary/aromatic N) is 4. The predicted octanol–water partition coefficient (Wildman–Crippen LogP) is 1.09. The van der Waals surface area contributed by atoms with Crippen LogP contribution in [0.5, 0.6) is 0 Å². The fourth-order valence-corrected chi connectivity index (χ4v) is 0.493. The van der Waals surface area contributed by atoms with E-state index in [1.165, 1.54) is 0 Å². The molecule has 0 aliphatic heterocycles. The molecule has 0 spiro atoms. The summed E-state index contributed by atoms with van der Waals surface area (Å²) >= 11 is 0. The Morgan fingerprint density at radius 1 is 1.73 bits per heavy atom. The van der Waals surface area contributed by atoms with Crippen LogP contribution in [0.4, 0.5) is 5.95 Å². The van der Waals surface area contributed by atoms with Crippen molar-refractivity contribution < 1.29 is 2.74 Å². The van der Waals surface area contributed by atoms with Crippen LogP contribution in [0.25, 0.3) is 4.85 Å². The molecule has 52 valence electrons. The maximum atomic E-state index is 8.36. The van der Waals surface area contributed by atoms with Crippen LogP contribution in [0.3, 0.4) is 0 Å². The maximum Gasteiger partial charge on any atom is 0.371 e. The van der Waals surface area contributed by atoms with Gasteiger partial charge in [0.15, 0.2) is 0 Å². The lowest BCUT2D eigenvalue weighted by Crippen LogP contribution is -1.85. The van der Waals surface area contributed by atoms with E-state index in [0.717, 1.165) is 0 Å². The summed E-state index contributed by atoms with van der Waals surface area (Å²) < 4.78 is 14.6. The average molecular weight is 146 g/mol. The minimum Gasteiger partial charge on any atom is -0.394 e. The van der Waals surface area contributed by atoms with Crippen LogP contribution < -0.4 is 0 Å². The van der Waals surface area contributed by atoms with Crippen molar-refractivity contribution in [3.63, 3.8) is 0 Å². The first-order valence-electron chi connectivity index (χ1n) is 3.77. The van der Waals surface area contributed by atoms with E-state index in [0.29, 0.717) is 0 Å². The summed E-state index contributed by atoms with van der Waals surface area (Å²) in [6.07, 6.45) is -0.504. The Kier molecular flexibility index (Phi) is 1.44. The molecule has 0 aromatic carbocycles. The van der Waals surface area contributed by atoms with Gasteiger partial charge in [-0.15, -0.1) is 6.57 Å². The smallest absolute Gasteiger partial charge is 0.371 e. The third-order valence-corrected chi connectivity index (χ3v) is 0.938. The average Bonchev–Trinajstić information content (AvgIpc) is 2.11. The minimum absolute atomic E-state index is 0.0735. The van der Waals surface area contributed by atoms with E-state index in [4.69, 9.17) is 14.6 Å². The van der Waals surface area contributed by atoms with Gasteiger partial charge < -0.3 is 4.85 Å². The zero-order valence-corrected chi connectivity index (χ0v) is 5.50. The number of hydrogen-bond donors (Lipinski definition) is 0. The van der Waals surface area contributed by atoms with E-state index in [2.05, 4.69) is 14.8 Å². The molecular formula is C7H4N4. The SMILES string of the molecule is [2H]c1nc([N+]#[C-])nc([2H])c1CC#N. The molecule has 1 aromatic rings. The van der Waals surface area contributed by atoms with E-state index in [-0.39, 0.29) is 30.3 Å². The first-order valence-corrected chi connectivity index (χ1v) is 2.77. The quantitative estimate of drug-likeness (QED) is 0.557. The standard InChI is InChI=1S/C7H4N4/c1-9-7-10-4-6(2-3-8)5-11-7/h4-5H,2H2/i4D,5D. The molecular weight excluding hydrogens is 140 g/mol. The number of nitriles is 1. The molecule has 0 unspecified atom stereocenters. The fourth-order valence-electron chi connectivity index (χ4n) is 0.493. The second-order valence-corrected chi connectivity index (χ2v) is 1.67. The molecule has 1 aromatic heterocycles. The van der Waals surface area contributed by atoms with Crippen molar-refractivity contribution in [2.75, 3.05) is 0 Å². The van der Waals surface area contributed by atoms with Crippen molar-refractivity contribution in [3.05, 3.63) is 29.3 Å². The van der Waals surface area contributed by atoms with Gasteiger partial charge in [0.1, 0.15) is 2.74 Å². The van der Waals surface area contributed by atoms with Crippen molar-refractivity contribution in [1.29, 1.82) is 5.26 Å². The topological polar surface area (TPSA) is 53.9 Å². The highest BCUT2D eigenvalue weighted by Crippen LogP contribution is 2.02. The van der Waals surface area contributed by atoms with Crippen molar-refractivity contribution >= 4 is 5.95 Å². The summed E-state index contributed by atoms with van der Waals surface area (Å²) in [5.41, 5.74) is 0.162. The Balaban J connectivity index is 3.26. The van der Waals surface area contributed by atoms with Crippen LogP contribution >= 0.6 is 0 Å². The molecule has 0 radical (unpaired) electrons. The van der Waals surface area contributed by atoms with Gasteiger partial charge in [-0.25, -0.2) is 0 Å². The van der Waals surface area contributed by atoms with Gasteiger partial charge in [-0.1, -0.05) is 0 Å². The molecule has 0 N–H and O–H groups in total. The van der Waals surface area contributed by atoms with Gasteiger partial charge in [0.25, 0.3) is 0 Å². The highest BCUT2D eigenvalue weighted by molar-refractivity contribution is 5.25. The molecule has 0 aliphatic rings. The minimum atomic E-state index is -0.225. The predicted molar refractivity (Wildman–Crippen MR) is 37.6 cm³/mol. The number of hydrogen-bond acceptors (Lipinski definition) is 3. The highest BCUT2D eigenvalue weighted by atomic mass is 15.0. The van der Waals surface area contributed by atoms with Gasteiger partial charge >= 0.3 is 5.95 Å². The van der Waals surface area contributed by atoms with Crippen LogP contribution in [0.15, 0.2) is 12.3 Å². The first kappa shape index (κ1) is 4.81. The van der Waals surface area contributed by atoms with Gasteiger partial charge in [-0.3, -0.25) is 0 Å². The van der Waals surface area contributed by atoms with Crippen LogP contribution in [-0.2, 0) is 6.42 Å². The Hall–Kier alpha value is -1.94. The lowest BCUT2D eigenvalue weighted by molar-refractivity contribution is 1.12. The van der Waals surface area contributed by atoms with Crippen molar-refractivity contribution in [2.24, 2.45) is 0 Å². The Morgan fingerprint density at radius 3 is 2.82 bits per heavy atom. The third-order valence-electron chi connectivity index (χ3n) is 0.938. The van der Waals surface area contributed by atoms with Gasteiger partial charge in [-0.2, -0.15) is 15.2 Å². The second kappa shape index (κ2) is 3.28. The molecule has 4 nitrogen and oxygen atoms in total. The summed E-state index contributed by atoms with van der Waals surface area (Å²) in [4.78, 5) is 9.90. The number of rotatable bonds is 1. The fraction of sp³-hybridized carbons (Fsp3) is 0.143. The molecule has 0 aliphatic carbocycles. The van der Waals surface area contributed by atoms with E-state index in [1.54, 1.807) is 6.07 Å². The zero-order valence-electron chi connectivity index (χ0n) is 7.50. The largest absolute Gasteiger partial charge is 0.394 e. The molecule has 11 heavy (non-hydrogen) atoms. The normalized spacial score (nSPS) is 10.7. The molecule has 0 bridgehead atoms. The molecule has 1 heterocycles. The lowest BCUT2D eigenvalue weighted by atomic mass is 10.3. The third kappa shape index (κ3) is 1.74. The van der Waals surface area contributed by atoms with Gasteiger partial charge in [0.2, 0.25) is 0 Å². The van der Waals surface area contributed by atoms with Crippen molar-refractivity contribution in [1.82, 2.24) is 9.97 Å². The molecule has 0 fully saturated rings. The second-order valence-electron chi connectivity index (χ2n) is 1.67. The maximum absolute atomic E-state index is 8.36. The van der Waals surface area contributed by atoms with Gasteiger partial charge in [0.05, 0.1) is 24.8 Å². The van der Waals surface area contributed by atoms with Gasteiger partial charge in [0, 0.05) is 5.56 Å². The lowest BCUT2D eigenvalue weighted by Gasteiger charge is -1.87. The van der Waals surface area contributed by atoms with Gasteiger partial charge in [-0.05, 0) is 0 Å². The summed E-state index contributed by atoms with van der Waals surface area (Å²) in [6.45, 7) is 6.58. The Labute approximate surface area is 66.8 Å². The molecule has 4 heteroatoms. The summed E-state index contributed by atoms with van der Waals surface area (Å²) in [6, 6.07) is 1.81. The Bertz CT molecular complexity index is 392. The van der Waals surface area contributed by atoms with E-state index in [9.17, 15) is 0 Å². The van der Waals surface area contributed by atoms with Crippen molar-refractivity contribution in [2.45, 2.75) is 6.42 Å². The van der Waals surface area contributed by atoms with E-state index in [1.807, 2.05) is 0 Å². The Morgan fingerprint density at radius 2 is 2.36 bits per heavy atom. The molecule has 0 atom stereocenters. The summed E-state index contributed by atoms with van der Waals surface area (Å²) in [5, 5.41) is 8.36. The van der Waals surface area contributed by atoms with Crippen LogP contribution in [0.2, 0.25) is 0 Å². The molecule has 1 rings (SSSR count). The molecule has 0 saturated carbocycles. The van der Waals surface area contributed by atoms with Crippen LogP contribution in [0, 0.1) is 17.9 Å². The highest BCUT2D eigenvalue weighted by Gasteiger charge is 1.96. The van der Waals surface area contributed by atoms with Crippen molar-refractivity contribution in [3.8, 4) is 6.07 Å².